The summed E-state index contributed by atoms with van der Waals surface area (Å²) in [6.07, 6.45) is 3.78. The van der Waals surface area contributed by atoms with E-state index in [2.05, 4.69) is 37.8 Å². The molecule has 0 nitrogen and oxygen atoms in total. The van der Waals surface area contributed by atoms with E-state index in [0.29, 0.717) is 5.25 Å². The minimum Gasteiger partial charge on any atom is -0.171 e. The third kappa shape index (κ3) is 1.27. The monoisotopic (exact) mass is 178 g/mol. The molecular formula is C11H14S. The molecule has 12 heavy (non-hydrogen) atoms. The molecule has 0 bridgehead atoms. The highest BCUT2D eigenvalue weighted by molar-refractivity contribution is 7.80. The number of benzene rings is 1. The molecule has 0 heterocycles. The van der Waals surface area contributed by atoms with Crippen molar-refractivity contribution in [1.82, 2.24) is 0 Å². The SMILES string of the molecule is Cc1cccc2c1[C@H](S)CCC2. The van der Waals surface area contributed by atoms with Gasteiger partial charge in [0.15, 0.2) is 0 Å². The minimum absolute atomic E-state index is 0.481. The fourth-order valence-corrected chi connectivity index (χ4v) is 2.62. The summed E-state index contributed by atoms with van der Waals surface area (Å²) < 4.78 is 0. The van der Waals surface area contributed by atoms with E-state index in [4.69, 9.17) is 0 Å². The van der Waals surface area contributed by atoms with E-state index in [1.807, 2.05) is 0 Å². The molecule has 0 aromatic heterocycles. The van der Waals surface area contributed by atoms with Gasteiger partial charge in [-0.15, -0.1) is 0 Å². The van der Waals surface area contributed by atoms with Gasteiger partial charge in [-0.2, -0.15) is 12.6 Å². The van der Waals surface area contributed by atoms with Gasteiger partial charge in [-0.05, 0) is 42.9 Å². The second kappa shape index (κ2) is 3.14. The standard InChI is InChI=1S/C11H14S/c1-8-4-2-5-9-6-3-7-10(12)11(8)9/h2,4-5,10,12H,3,6-7H2,1H3/t10-/m1/s1. The second-order valence-electron chi connectivity index (χ2n) is 3.56. The number of thiol groups is 1. The summed E-state index contributed by atoms with van der Waals surface area (Å²) in [5.74, 6) is 0. The summed E-state index contributed by atoms with van der Waals surface area (Å²) in [5.41, 5.74) is 4.42. The first kappa shape index (κ1) is 8.18. The van der Waals surface area contributed by atoms with E-state index in [-0.39, 0.29) is 0 Å². The summed E-state index contributed by atoms with van der Waals surface area (Å²) in [6.45, 7) is 2.19. The van der Waals surface area contributed by atoms with Crippen LogP contribution in [0.3, 0.4) is 0 Å². The van der Waals surface area contributed by atoms with Crippen LogP contribution >= 0.6 is 12.6 Å². The first-order chi connectivity index (χ1) is 5.79. The van der Waals surface area contributed by atoms with Gasteiger partial charge in [-0.25, -0.2) is 0 Å². The van der Waals surface area contributed by atoms with Gasteiger partial charge in [-0.1, -0.05) is 18.2 Å². The summed E-state index contributed by atoms with van der Waals surface area (Å²) in [5, 5.41) is 0.481. The van der Waals surface area contributed by atoms with Crippen LogP contribution in [0.2, 0.25) is 0 Å². The number of hydrogen-bond acceptors (Lipinski definition) is 1. The minimum atomic E-state index is 0.481. The molecule has 1 atom stereocenters. The van der Waals surface area contributed by atoms with Gasteiger partial charge in [0.2, 0.25) is 0 Å². The quantitative estimate of drug-likeness (QED) is 0.579. The zero-order valence-corrected chi connectivity index (χ0v) is 8.27. The molecule has 0 spiro atoms. The van der Waals surface area contributed by atoms with Crippen LogP contribution in [0.15, 0.2) is 18.2 Å². The summed E-state index contributed by atoms with van der Waals surface area (Å²) >= 11 is 4.61. The summed E-state index contributed by atoms with van der Waals surface area (Å²) in [6, 6.07) is 6.58. The molecule has 1 aromatic rings. The molecule has 0 N–H and O–H groups in total. The van der Waals surface area contributed by atoms with Crippen LogP contribution in [-0.2, 0) is 6.42 Å². The Kier molecular flexibility index (Phi) is 2.14. The van der Waals surface area contributed by atoms with Crippen molar-refractivity contribution in [3.63, 3.8) is 0 Å². The van der Waals surface area contributed by atoms with Crippen molar-refractivity contribution < 1.29 is 0 Å². The molecule has 1 aliphatic rings. The van der Waals surface area contributed by atoms with E-state index in [9.17, 15) is 0 Å². The molecule has 0 fully saturated rings. The van der Waals surface area contributed by atoms with Gasteiger partial charge in [0, 0.05) is 5.25 Å². The van der Waals surface area contributed by atoms with Crippen LogP contribution in [0.1, 0.15) is 34.8 Å². The highest BCUT2D eigenvalue weighted by Crippen LogP contribution is 2.35. The highest BCUT2D eigenvalue weighted by atomic mass is 32.1. The fourth-order valence-electron chi connectivity index (χ4n) is 2.07. The normalized spacial score (nSPS) is 22.0. The average molecular weight is 178 g/mol. The molecule has 1 aromatic carbocycles. The predicted octanol–water partition coefficient (Wildman–Crippen LogP) is 3.30. The summed E-state index contributed by atoms with van der Waals surface area (Å²) in [7, 11) is 0. The van der Waals surface area contributed by atoms with Gasteiger partial charge < -0.3 is 0 Å². The van der Waals surface area contributed by atoms with Crippen LogP contribution < -0.4 is 0 Å². The molecule has 0 radical (unpaired) electrons. The maximum atomic E-state index is 4.61. The van der Waals surface area contributed by atoms with Crippen LogP contribution in [-0.4, -0.2) is 0 Å². The number of rotatable bonds is 0. The Hall–Kier alpha value is -0.430. The van der Waals surface area contributed by atoms with Crippen molar-refractivity contribution in [2.24, 2.45) is 0 Å². The third-order valence-corrected chi connectivity index (χ3v) is 3.19. The van der Waals surface area contributed by atoms with Crippen LogP contribution in [0.25, 0.3) is 0 Å². The predicted molar refractivity (Wildman–Crippen MR) is 55.8 cm³/mol. The molecule has 2 rings (SSSR count). The lowest BCUT2D eigenvalue weighted by atomic mass is 9.88. The second-order valence-corrected chi connectivity index (χ2v) is 4.18. The maximum Gasteiger partial charge on any atom is 0.0272 e. The Bertz CT molecular complexity index is 291. The Labute approximate surface area is 79.4 Å². The van der Waals surface area contributed by atoms with Crippen LogP contribution in [0.5, 0.6) is 0 Å². The average Bonchev–Trinajstić information content (AvgIpc) is 2.04. The molecule has 0 saturated heterocycles. The van der Waals surface area contributed by atoms with Gasteiger partial charge >= 0.3 is 0 Å². The maximum absolute atomic E-state index is 4.61. The van der Waals surface area contributed by atoms with E-state index in [1.54, 1.807) is 0 Å². The number of hydrogen-bond donors (Lipinski definition) is 1. The Morgan fingerprint density at radius 3 is 3.00 bits per heavy atom. The smallest absolute Gasteiger partial charge is 0.0272 e. The molecule has 1 aliphatic carbocycles. The molecule has 1 heteroatoms. The van der Waals surface area contributed by atoms with Crippen molar-refractivity contribution in [1.29, 1.82) is 0 Å². The van der Waals surface area contributed by atoms with E-state index >= 15 is 0 Å². The zero-order chi connectivity index (χ0) is 8.55. The third-order valence-electron chi connectivity index (χ3n) is 2.67. The Morgan fingerprint density at radius 2 is 2.25 bits per heavy atom. The van der Waals surface area contributed by atoms with Crippen molar-refractivity contribution in [2.75, 3.05) is 0 Å². The zero-order valence-electron chi connectivity index (χ0n) is 7.38. The van der Waals surface area contributed by atoms with Crippen LogP contribution in [0, 0.1) is 6.92 Å². The molecule has 0 amide bonds. The Balaban J connectivity index is 2.53. The van der Waals surface area contributed by atoms with Crippen molar-refractivity contribution in [3.8, 4) is 0 Å². The molecule has 64 valence electrons. The lowest BCUT2D eigenvalue weighted by Gasteiger charge is -2.23. The highest BCUT2D eigenvalue weighted by Gasteiger charge is 2.17. The molecule has 0 unspecified atom stereocenters. The number of aryl methyl sites for hydroxylation is 2. The van der Waals surface area contributed by atoms with Crippen molar-refractivity contribution in [3.05, 3.63) is 34.9 Å². The number of fused-ring (bicyclic) bond motifs is 1. The van der Waals surface area contributed by atoms with Crippen molar-refractivity contribution >= 4 is 12.6 Å². The van der Waals surface area contributed by atoms with Crippen LogP contribution in [0.4, 0.5) is 0 Å². The summed E-state index contributed by atoms with van der Waals surface area (Å²) in [4.78, 5) is 0. The first-order valence-corrected chi connectivity index (χ1v) is 5.07. The van der Waals surface area contributed by atoms with Gasteiger partial charge in [0.25, 0.3) is 0 Å². The van der Waals surface area contributed by atoms with E-state index in [0.717, 1.165) is 0 Å². The Morgan fingerprint density at radius 1 is 1.42 bits per heavy atom. The van der Waals surface area contributed by atoms with E-state index in [1.165, 1.54) is 36.0 Å². The first-order valence-electron chi connectivity index (χ1n) is 4.55. The molecular weight excluding hydrogens is 164 g/mol. The lowest BCUT2D eigenvalue weighted by Crippen LogP contribution is -2.06. The lowest BCUT2D eigenvalue weighted by molar-refractivity contribution is 0.673. The van der Waals surface area contributed by atoms with Gasteiger partial charge in [-0.3, -0.25) is 0 Å². The topological polar surface area (TPSA) is 0 Å². The van der Waals surface area contributed by atoms with Gasteiger partial charge in [0.1, 0.15) is 0 Å². The van der Waals surface area contributed by atoms with E-state index < -0.39 is 0 Å². The molecule has 0 aliphatic heterocycles. The molecule has 0 saturated carbocycles. The van der Waals surface area contributed by atoms with Crippen molar-refractivity contribution in [2.45, 2.75) is 31.4 Å². The largest absolute Gasteiger partial charge is 0.171 e. The van der Waals surface area contributed by atoms with Gasteiger partial charge in [0.05, 0.1) is 0 Å². The fraction of sp³-hybridized carbons (Fsp3) is 0.455.